The number of piperidine rings is 1. The molecule has 1 unspecified atom stereocenters. The number of rotatable bonds is 4. The van der Waals surface area contributed by atoms with E-state index in [2.05, 4.69) is 31.9 Å². The maximum Gasteiger partial charge on any atom is 0.411 e. The van der Waals surface area contributed by atoms with Gasteiger partial charge in [0.15, 0.2) is 0 Å². The van der Waals surface area contributed by atoms with Crippen molar-refractivity contribution in [3.05, 3.63) is 106 Å². The summed E-state index contributed by atoms with van der Waals surface area (Å²) in [5, 5.41) is 8.93. The van der Waals surface area contributed by atoms with Crippen molar-refractivity contribution >= 4 is 39.5 Å². The third-order valence-corrected chi connectivity index (χ3v) is 9.29. The van der Waals surface area contributed by atoms with Gasteiger partial charge in [-0.25, -0.2) is 9.18 Å². The van der Waals surface area contributed by atoms with Gasteiger partial charge in [0.05, 0.1) is 11.7 Å². The molecule has 0 radical (unpaired) electrons. The molecule has 11 heteroatoms. The zero-order chi connectivity index (χ0) is 33.2. The Morgan fingerprint density at radius 1 is 0.938 bits per heavy atom. The number of piperazine rings is 1. The number of aromatic amines is 2. The Hall–Kier alpha value is -5.63. The summed E-state index contributed by atoms with van der Waals surface area (Å²) >= 11 is 0. The van der Waals surface area contributed by atoms with Crippen molar-refractivity contribution in [2.75, 3.05) is 44.2 Å². The molecule has 0 spiro atoms. The highest BCUT2D eigenvalue weighted by atomic mass is 19.1. The highest BCUT2D eigenvalue weighted by Crippen LogP contribution is 2.28. The number of hydrogen-bond donors (Lipinski definition) is 2. The fourth-order valence-corrected chi connectivity index (χ4v) is 6.62. The number of nitrogens with zero attached hydrogens (tertiary/aromatic N) is 4. The molecule has 0 saturated carbocycles. The van der Waals surface area contributed by atoms with Gasteiger partial charge in [-0.1, -0.05) is 24.1 Å². The third kappa shape index (κ3) is 6.47. The SMILES string of the molecule is Cc1cc(C#CC(OC(=O)N2CCC(c3cc4ccccc4[nH]c3=O)CC2)C(=O)N2CCN(c3ccc(F)cc3)CC2)cc2cn[nH]c12. The molecule has 1 atom stereocenters. The Morgan fingerprint density at radius 2 is 1.69 bits per heavy atom. The number of carbonyl (C=O) groups excluding carboxylic acids is 2. The summed E-state index contributed by atoms with van der Waals surface area (Å²) in [7, 11) is 0. The number of halogens is 1. The second-order valence-corrected chi connectivity index (χ2v) is 12.4. The Labute approximate surface area is 276 Å². The van der Waals surface area contributed by atoms with Gasteiger partial charge in [0, 0.05) is 67.0 Å². The first-order valence-electron chi connectivity index (χ1n) is 16.1. The number of pyridine rings is 1. The molecule has 5 aromatic rings. The second-order valence-electron chi connectivity index (χ2n) is 12.4. The predicted octanol–water partition coefficient (Wildman–Crippen LogP) is 4.94. The summed E-state index contributed by atoms with van der Waals surface area (Å²) in [6.45, 7) is 4.61. The number of nitrogens with one attached hydrogen (secondary N) is 2. The number of hydrogen-bond acceptors (Lipinski definition) is 6. The van der Waals surface area contributed by atoms with Crippen LogP contribution in [0, 0.1) is 24.6 Å². The van der Waals surface area contributed by atoms with Crippen LogP contribution in [0.5, 0.6) is 0 Å². The van der Waals surface area contributed by atoms with E-state index in [9.17, 15) is 18.8 Å². The molecule has 2 aliphatic rings. The zero-order valence-electron chi connectivity index (χ0n) is 26.5. The van der Waals surface area contributed by atoms with E-state index in [4.69, 9.17) is 4.74 Å². The lowest BCUT2D eigenvalue weighted by Crippen LogP contribution is -2.52. The van der Waals surface area contributed by atoms with Gasteiger partial charge < -0.3 is 24.4 Å². The van der Waals surface area contributed by atoms with Gasteiger partial charge in [0.2, 0.25) is 6.10 Å². The van der Waals surface area contributed by atoms with Crippen molar-refractivity contribution in [1.82, 2.24) is 25.0 Å². The number of aryl methyl sites for hydroxylation is 1. The predicted molar refractivity (Wildman–Crippen MR) is 181 cm³/mol. The number of carbonyl (C=O) groups is 2. The maximum absolute atomic E-state index is 13.9. The summed E-state index contributed by atoms with van der Waals surface area (Å²) in [4.78, 5) is 48.5. The molecule has 2 N–H and O–H groups in total. The van der Waals surface area contributed by atoms with Crippen molar-refractivity contribution < 1.29 is 18.7 Å². The molecule has 244 valence electrons. The van der Waals surface area contributed by atoms with Crippen LogP contribution >= 0.6 is 0 Å². The van der Waals surface area contributed by atoms with Crippen LogP contribution in [0.4, 0.5) is 14.9 Å². The Bertz CT molecular complexity index is 2100. The number of amides is 2. The standard InChI is InChI=1S/C37H35FN6O4/c1-24-20-25(21-28-23-39-41-34(24)28)6-11-33(36(46)43-18-16-42(17-19-43)30-9-7-29(38)8-10-30)48-37(47)44-14-12-26(13-15-44)31-22-27-4-2-3-5-32(27)40-35(31)45/h2-5,7-10,20-23,26,33H,12-19H2,1H3,(H,39,41)(H,40,45). The Morgan fingerprint density at radius 3 is 2.46 bits per heavy atom. The average Bonchev–Trinajstić information content (AvgIpc) is 3.59. The summed E-state index contributed by atoms with van der Waals surface area (Å²) in [6.07, 6.45) is 0.981. The normalized spacial score (nSPS) is 16.1. The fraction of sp³-hybridized carbons (Fsp3) is 0.297. The van der Waals surface area contributed by atoms with E-state index in [1.807, 2.05) is 49.4 Å². The van der Waals surface area contributed by atoms with E-state index in [1.165, 1.54) is 12.1 Å². The number of H-pyrrole nitrogens is 2. The highest BCUT2D eigenvalue weighted by molar-refractivity contribution is 5.87. The number of aromatic nitrogens is 3. The Kier molecular flexibility index (Phi) is 8.55. The van der Waals surface area contributed by atoms with Gasteiger partial charge in [-0.3, -0.25) is 14.7 Å². The second kappa shape index (κ2) is 13.2. The van der Waals surface area contributed by atoms with Gasteiger partial charge in [-0.05, 0) is 91.1 Å². The highest BCUT2D eigenvalue weighted by Gasteiger charge is 2.33. The van der Waals surface area contributed by atoms with Gasteiger partial charge in [-0.15, -0.1) is 0 Å². The molecule has 2 amide bonds. The van der Waals surface area contributed by atoms with E-state index in [-0.39, 0.29) is 23.2 Å². The van der Waals surface area contributed by atoms with Crippen LogP contribution < -0.4 is 10.5 Å². The molecule has 2 saturated heterocycles. The maximum atomic E-state index is 13.9. The van der Waals surface area contributed by atoms with E-state index in [0.717, 1.165) is 33.1 Å². The first kappa shape index (κ1) is 31.0. The molecule has 3 aromatic carbocycles. The van der Waals surface area contributed by atoms with Crippen LogP contribution in [0.15, 0.2) is 77.7 Å². The van der Waals surface area contributed by atoms with Crippen LogP contribution in [-0.4, -0.2) is 82.4 Å². The lowest BCUT2D eigenvalue weighted by atomic mass is 9.89. The molecule has 2 aromatic heterocycles. The first-order valence-corrected chi connectivity index (χ1v) is 16.1. The molecule has 7 rings (SSSR count). The van der Waals surface area contributed by atoms with Crippen LogP contribution in [0.2, 0.25) is 0 Å². The van der Waals surface area contributed by atoms with Gasteiger partial charge >= 0.3 is 6.09 Å². The molecular formula is C37H35FN6O4. The average molecular weight is 647 g/mol. The Balaban J connectivity index is 1.06. The monoisotopic (exact) mass is 646 g/mol. The lowest BCUT2D eigenvalue weighted by Gasteiger charge is -2.37. The lowest BCUT2D eigenvalue weighted by molar-refractivity contribution is -0.138. The minimum Gasteiger partial charge on any atom is -0.423 e. The quantitative estimate of drug-likeness (QED) is 0.268. The summed E-state index contributed by atoms with van der Waals surface area (Å²) in [6, 6.07) is 19.7. The molecule has 4 heterocycles. The first-order chi connectivity index (χ1) is 23.3. The molecular weight excluding hydrogens is 611 g/mol. The molecule has 10 nitrogen and oxygen atoms in total. The van der Waals surface area contributed by atoms with Crippen LogP contribution in [0.3, 0.4) is 0 Å². The molecule has 48 heavy (non-hydrogen) atoms. The molecule has 2 aliphatic heterocycles. The van der Waals surface area contributed by atoms with E-state index in [0.29, 0.717) is 63.2 Å². The zero-order valence-corrected chi connectivity index (χ0v) is 26.5. The van der Waals surface area contributed by atoms with Crippen molar-refractivity contribution in [2.24, 2.45) is 0 Å². The number of para-hydroxylation sites is 1. The van der Waals surface area contributed by atoms with E-state index < -0.39 is 12.2 Å². The largest absolute Gasteiger partial charge is 0.423 e. The van der Waals surface area contributed by atoms with Crippen molar-refractivity contribution in [3.63, 3.8) is 0 Å². The molecule has 0 bridgehead atoms. The van der Waals surface area contributed by atoms with Crippen LogP contribution in [0.1, 0.15) is 35.4 Å². The van der Waals surface area contributed by atoms with Crippen molar-refractivity contribution in [3.8, 4) is 11.8 Å². The van der Waals surface area contributed by atoms with E-state index >= 15 is 0 Å². The summed E-state index contributed by atoms with van der Waals surface area (Å²) < 4.78 is 19.3. The number of fused-ring (bicyclic) bond motifs is 2. The van der Waals surface area contributed by atoms with Gasteiger partial charge in [0.1, 0.15) is 5.82 Å². The minimum absolute atomic E-state index is 0.00175. The molecule has 0 aliphatic carbocycles. The number of anilines is 1. The number of benzene rings is 3. The fourth-order valence-electron chi connectivity index (χ4n) is 6.62. The molecule has 2 fully saturated rings. The van der Waals surface area contributed by atoms with Gasteiger partial charge in [0.25, 0.3) is 11.5 Å². The van der Waals surface area contributed by atoms with Crippen LogP contribution in [0.25, 0.3) is 21.8 Å². The van der Waals surface area contributed by atoms with E-state index in [1.54, 1.807) is 28.1 Å². The summed E-state index contributed by atoms with van der Waals surface area (Å²) in [5.41, 5.74) is 4.82. The minimum atomic E-state index is -1.31. The topological polar surface area (TPSA) is 115 Å². The van der Waals surface area contributed by atoms with Crippen molar-refractivity contribution in [1.29, 1.82) is 0 Å². The van der Waals surface area contributed by atoms with Gasteiger partial charge in [-0.2, -0.15) is 5.10 Å². The summed E-state index contributed by atoms with van der Waals surface area (Å²) in [5.74, 6) is 5.33. The third-order valence-electron chi connectivity index (χ3n) is 9.29. The van der Waals surface area contributed by atoms with Crippen LogP contribution in [-0.2, 0) is 9.53 Å². The smallest absolute Gasteiger partial charge is 0.411 e. The number of likely N-dealkylation sites (tertiary alicyclic amines) is 1. The van der Waals surface area contributed by atoms with Crippen molar-refractivity contribution in [2.45, 2.75) is 31.8 Å². The number of ether oxygens (including phenoxy) is 1.